The van der Waals surface area contributed by atoms with E-state index in [1.165, 1.54) is 0 Å². The second kappa shape index (κ2) is 6.75. The van der Waals surface area contributed by atoms with Crippen LogP contribution in [0.25, 0.3) is 0 Å². The van der Waals surface area contributed by atoms with Crippen molar-refractivity contribution >= 4 is 17.6 Å². The molecule has 0 saturated heterocycles. The molecule has 5 nitrogen and oxygen atoms in total. The molecule has 0 unspecified atom stereocenters. The molecule has 1 aromatic carbocycles. The van der Waals surface area contributed by atoms with E-state index in [1.54, 1.807) is 30.3 Å². The van der Waals surface area contributed by atoms with Gasteiger partial charge in [0, 0.05) is 23.3 Å². The van der Waals surface area contributed by atoms with E-state index in [1.807, 2.05) is 20.8 Å². The number of hydrogen-bond acceptors (Lipinski definition) is 2. The van der Waals surface area contributed by atoms with Crippen LogP contribution in [0.15, 0.2) is 36.9 Å². The minimum absolute atomic E-state index is 0.139. The highest BCUT2D eigenvalue weighted by Crippen LogP contribution is 2.10. The summed E-state index contributed by atoms with van der Waals surface area (Å²) >= 11 is 0. The van der Waals surface area contributed by atoms with Gasteiger partial charge in [0.15, 0.2) is 0 Å². The van der Waals surface area contributed by atoms with Crippen molar-refractivity contribution in [3.63, 3.8) is 0 Å². The monoisotopic (exact) mass is 275 g/mol. The third kappa shape index (κ3) is 5.56. The highest BCUT2D eigenvalue weighted by atomic mass is 16.2. The summed E-state index contributed by atoms with van der Waals surface area (Å²) in [6.07, 6.45) is 1.60. The zero-order valence-corrected chi connectivity index (χ0v) is 12.1. The van der Waals surface area contributed by atoms with Crippen LogP contribution in [-0.2, 0) is 0 Å². The van der Waals surface area contributed by atoms with Gasteiger partial charge in [-0.15, -0.1) is 6.58 Å². The van der Waals surface area contributed by atoms with E-state index in [-0.39, 0.29) is 17.5 Å². The molecular formula is C15H21N3O2. The Morgan fingerprint density at radius 1 is 1.20 bits per heavy atom. The molecule has 0 aliphatic carbocycles. The van der Waals surface area contributed by atoms with Crippen LogP contribution in [0, 0.1) is 0 Å². The average Bonchev–Trinajstić information content (AvgIpc) is 2.35. The summed E-state index contributed by atoms with van der Waals surface area (Å²) in [4.78, 5) is 23.3. The summed E-state index contributed by atoms with van der Waals surface area (Å²) in [7, 11) is 0. The first kappa shape index (κ1) is 15.8. The predicted molar refractivity (Wildman–Crippen MR) is 80.9 cm³/mol. The zero-order valence-electron chi connectivity index (χ0n) is 12.1. The predicted octanol–water partition coefficient (Wildman–Crippen LogP) is 2.52. The van der Waals surface area contributed by atoms with Gasteiger partial charge in [-0.05, 0) is 45.0 Å². The molecule has 0 heterocycles. The SMILES string of the molecule is C=CCNC(=O)Nc1ccc(C(=O)NC(C)(C)C)cc1. The minimum Gasteiger partial charge on any atom is -0.347 e. The standard InChI is InChI=1S/C15H21N3O2/c1-5-10-16-14(20)17-12-8-6-11(7-9-12)13(19)18-15(2,3)4/h5-9H,1,10H2,2-4H3,(H,18,19)(H2,16,17,20). The summed E-state index contributed by atoms with van der Waals surface area (Å²) in [5.74, 6) is -0.139. The molecule has 20 heavy (non-hydrogen) atoms. The van der Waals surface area contributed by atoms with Gasteiger partial charge in [0.05, 0.1) is 0 Å². The van der Waals surface area contributed by atoms with E-state index in [9.17, 15) is 9.59 Å². The first-order valence-corrected chi connectivity index (χ1v) is 6.40. The molecule has 5 heteroatoms. The van der Waals surface area contributed by atoms with Crippen molar-refractivity contribution in [1.82, 2.24) is 10.6 Å². The van der Waals surface area contributed by atoms with Crippen LogP contribution in [0.3, 0.4) is 0 Å². The largest absolute Gasteiger partial charge is 0.347 e. The second-order valence-corrected chi connectivity index (χ2v) is 5.41. The molecular weight excluding hydrogens is 254 g/mol. The molecule has 0 aromatic heterocycles. The fourth-order valence-electron chi connectivity index (χ4n) is 1.46. The lowest BCUT2D eigenvalue weighted by Gasteiger charge is -2.20. The van der Waals surface area contributed by atoms with Crippen LogP contribution in [0.1, 0.15) is 31.1 Å². The molecule has 0 bridgehead atoms. The molecule has 0 aliphatic rings. The Morgan fingerprint density at radius 2 is 1.80 bits per heavy atom. The molecule has 0 spiro atoms. The van der Waals surface area contributed by atoms with Crippen molar-refractivity contribution < 1.29 is 9.59 Å². The van der Waals surface area contributed by atoms with Crippen molar-refractivity contribution in [1.29, 1.82) is 0 Å². The summed E-state index contributed by atoms with van der Waals surface area (Å²) in [5, 5.41) is 8.14. The number of rotatable bonds is 4. The minimum atomic E-state index is -0.309. The molecule has 3 amide bonds. The van der Waals surface area contributed by atoms with E-state index in [4.69, 9.17) is 0 Å². The average molecular weight is 275 g/mol. The quantitative estimate of drug-likeness (QED) is 0.739. The maximum absolute atomic E-state index is 11.9. The molecule has 1 aromatic rings. The van der Waals surface area contributed by atoms with Gasteiger partial charge in [-0.2, -0.15) is 0 Å². The van der Waals surface area contributed by atoms with E-state index in [0.29, 0.717) is 17.8 Å². The third-order valence-electron chi connectivity index (χ3n) is 2.30. The lowest BCUT2D eigenvalue weighted by atomic mass is 10.1. The fourth-order valence-corrected chi connectivity index (χ4v) is 1.46. The van der Waals surface area contributed by atoms with Crippen molar-refractivity contribution in [2.45, 2.75) is 26.3 Å². The number of carbonyl (C=O) groups is 2. The molecule has 3 N–H and O–H groups in total. The lowest BCUT2D eigenvalue weighted by molar-refractivity contribution is 0.0919. The van der Waals surface area contributed by atoms with Crippen molar-refractivity contribution in [2.75, 3.05) is 11.9 Å². The van der Waals surface area contributed by atoms with E-state index in [0.717, 1.165) is 0 Å². The van der Waals surface area contributed by atoms with Crippen LogP contribution < -0.4 is 16.0 Å². The topological polar surface area (TPSA) is 70.2 Å². The Balaban J connectivity index is 2.62. The van der Waals surface area contributed by atoms with E-state index < -0.39 is 0 Å². The van der Waals surface area contributed by atoms with Gasteiger partial charge in [-0.3, -0.25) is 4.79 Å². The maximum atomic E-state index is 11.9. The Labute approximate surface area is 119 Å². The van der Waals surface area contributed by atoms with Crippen molar-refractivity contribution in [2.24, 2.45) is 0 Å². The van der Waals surface area contributed by atoms with Gasteiger partial charge in [0.25, 0.3) is 5.91 Å². The Kier molecular flexibility index (Phi) is 5.32. The second-order valence-electron chi connectivity index (χ2n) is 5.41. The normalized spacial score (nSPS) is 10.6. The van der Waals surface area contributed by atoms with Gasteiger partial charge in [0.2, 0.25) is 0 Å². The summed E-state index contributed by atoms with van der Waals surface area (Å²) < 4.78 is 0. The smallest absolute Gasteiger partial charge is 0.319 e. The van der Waals surface area contributed by atoms with Gasteiger partial charge >= 0.3 is 6.03 Å². The summed E-state index contributed by atoms with van der Waals surface area (Å²) in [5.41, 5.74) is 0.898. The van der Waals surface area contributed by atoms with Crippen molar-refractivity contribution in [3.05, 3.63) is 42.5 Å². The third-order valence-corrected chi connectivity index (χ3v) is 2.30. The first-order valence-electron chi connectivity index (χ1n) is 6.40. The summed E-state index contributed by atoms with van der Waals surface area (Å²) in [6.45, 7) is 9.68. The Bertz CT molecular complexity index is 487. The summed E-state index contributed by atoms with van der Waals surface area (Å²) in [6, 6.07) is 6.40. The van der Waals surface area contributed by atoms with Crippen LogP contribution in [0.5, 0.6) is 0 Å². The van der Waals surface area contributed by atoms with Crippen LogP contribution in [0.2, 0.25) is 0 Å². The highest BCUT2D eigenvalue weighted by Gasteiger charge is 2.15. The number of urea groups is 1. The Hall–Kier alpha value is -2.30. The maximum Gasteiger partial charge on any atom is 0.319 e. The number of anilines is 1. The molecule has 0 radical (unpaired) electrons. The Morgan fingerprint density at radius 3 is 2.30 bits per heavy atom. The van der Waals surface area contributed by atoms with Gasteiger partial charge in [-0.25, -0.2) is 4.79 Å². The fraction of sp³-hybridized carbons (Fsp3) is 0.333. The van der Waals surface area contributed by atoms with Gasteiger partial charge in [0.1, 0.15) is 0 Å². The molecule has 0 fully saturated rings. The zero-order chi connectivity index (χ0) is 15.2. The van der Waals surface area contributed by atoms with Crippen LogP contribution >= 0.6 is 0 Å². The van der Waals surface area contributed by atoms with Crippen molar-refractivity contribution in [3.8, 4) is 0 Å². The number of hydrogen-bond donors (Lipinski definition) is 3. The number of amides is 3. The highest BCUT2D eigenvalue weighted by molar-refractivity contribution is 5.95. The molecule has 0 saturated carbocycles. The number of nitrogens with one attached hydrogen (secondary N) is 3. The van der Waals surface area contributed by atoms with Gasteiger partial charge < -0.3 is 16.0 Å². The molecule has 1 rings (SSSR count). The van der Waals surface area contributed by atoms with Crippen LogP contribution in [-0.4, -0.2) is 24.0 Å². The lowest BCUT2D eigenvalue weighted by Crippen LogP contribution is -2.40. The number of benzene rings is 1. The van der Waals surface area contributed by atoms with E-state index in [2.05, 4.69) is 22.5 Å². The first-order chi connectivity index (χ1) is 9.31. The van der Waals surface area contributed by atoms with Gasteiger partial charge in [-0.1, -0.05) is 6.08 Å². The molecule has 0 atom stereocenters. The molecule has 108 valence electrons. The number of carbonyl (C=O) groups excluding carboxylic acids is 2. The van der Waals surface area contributed by atoms with E-state index >= 15 is 0 Å². The van der Waals surface area contributed by atoms with Crippen LogP contribution in [0.4, 0.5) is 10.5 Å². The molecule has 0 aliphatic heterocycles.